The molecule has 0 spiro atoms. The molecule has 5 nitrogen and oxygen atoms in total. The lowest BCUT2D eigenvalue weighted by atomic mass is 10.1. The maximum atomic E-state index is 11.5. The molecule has 1 unspecified atom stereocenters. The molecular formula is C11H13N3O2. The zero-order valence-corrected chi connectivity index (χ0v) is 8.96. The van der Waals surface area contributed by atoms with Gasteiger partial charge in [0, 0.05) is 18.9 Å². The molecule has 5 heteroatoms. The van der Waals surface area contributed by atoms with Crippen LogP contribution in [-0.2, 0) is 9.53 Å². The van der Waals surface area contributed by atoms with Gasteiger partial charge in [-0.3, -0.25) is 4.79 Å². The molecule has 1 atom stereocenters. The predicted molar refractivity (Wildman–Crippen MR) is 59.0 cm³/mol. The number of nitrogens with two attached hydrogens (primary N) is 1. The van der Waals surface area contributed by atoms with E-state index >= 15 is 0 Å². The normalized spacial score (nSPS) is 12.6. The van der Waals surface area contributed by atoms with Gasteiger partial charge >= 0.3 is 5.97 Å². The summed E-state index contributed by atoms with van der Waals surface area (Å²) >= 11 is 0. The molecule has 2 aromatic rings. The standard InChI is InChI=1S/C11H13N3O2/c1-16-11(15)8(6-12)9-7-14-5-3-2-4-10(14)13-9/h2-5,7-8H,6,12H2,1H3. The van der Waals surface area contributed by atoms with E-state index < -0.39 is 5.92 Å². The van der Waals surface area contributed by atoms with E-state index in [2.05, 4.69) is 9.72 Å². The van der Waals surface area contributed by atoms with Gasteiger partial charge < -0.3 is 14.9 Å². The SMILES string of the molecule is COC(=O)C(CN)c1cn2ccccc2n1. The van der Waals surface area contributed by atoms with Crippen molar-refractivity contribution in [1.82, 2.24) is 9.38 Å². The second-order valence-electron chi connectivity index (χ2n) is 3.44. The molecule has 16 heavy (non-hydrogen) atoms. The topological polar surface area (TPSA) is 69.6 Å². The highest BCUT2D eigenvalue weighted by Crippen LogP contribution is 2.16. The minimum absolute atomic E-state index is 0.191. The monoisotopic (exact) mass is 219 g/mol. The van der Waals surface area contributed by atoms with Crippen molar-refractivity contribution in [2.75, 3.05) is 13.7 Å². The molecule has 0 bridgehead atoms. The average molecular weight is 219 g/mol. The molecule has 0 radical (unpaired) electrons. The van der Waals surface area contributed by atoms with Crippen LogP contribution in [0.1, 0.15) is 11.6 Å². The predicted octanol–water partition coefficient (Wildman–Crippen LogP) is 0.550. The highest BCUT2D eigenvalue weighted by Gasteiger charge is 2.22. The number of fused-ring (bicyclic) bond motifs is 1. The van der Waals surface area contributed by atoms with Crippen molar-refractivity contribution in [1.29, 1.82) is 0 Å². The third-order valence-electron chi connectivity index (χ3n) is 2.46. The largest absolute Gasteiger partial charge is 0.468 e. The van der Waals surface area contributed by atoms with Gasteiger partial charge in [-0.15, -0.1) is 0 Å². The Hall–Kier alpha value is -1.88. The number of carbonyl (C=O) groups excluding carboxylic acids is 1. The molecule has 0 aliphatic carbocycles. The first-order valence-electron chi connectivity index (χ1n) is 4.97. The molecule has 2 heterocycles. The fraction of sp³-hybridized carbons (Fsp3) is 0.273. The van der Waals surface area contributed by atoms with Gasteiger partial charge in [-0.05, 0) is 12.1 Å². The van der Waals surface area contributed by atoms with Crippen LogP contribution < -0.4 is 5.73 Å². The first-order valence-corrected chi connectivity index (χ1v) is 4.97. The van der Waals surface area contributed by atoms with E-state index in [9.17, 15) is 4.79 Å². The summed E-state index contributed by atoms with van der Waals surface area (Å²) in [5.74, 6) is -0.851. The van der Waals surface area contributed by atoms with Crippen LogP contribution in [0.3, 0.4) is 0 Å². The summed E-state index contributed by atoms with van der Waals surface area (Å²) in [7, 11) is 1.35. The van der Waals surface area contributed by atoms with Gasteiger partial charge in [0.2, 0.25) is 0 Å². The van der Waals surface area contributed by atoms with Gasteiger partial charge in [-0.2, -0.15) is 0 Å². The van der Waals surface area contributed by atoms with Gasteiger partial charge in [0.25, 0.3) is 0 Å². The van der Waals surface area contributed by atoms with Gasteiger partial charge in [0.15, 0.2) is 0 Å². The number of rotatable bonds is 3. The minimum Gasteiger partial charge on any atom is -0.468 e. The lowest BCUT2D eigenvalue weighted by Gasteiger charge is -2.08. The molecule has 2 rings (SSSR count). The van der Waals surface area contributed by atoms with Crippen molar-refractivity contribution in [3.8, 4) is 0 Å². The lowest BCUT2D eigenvalue weighted by molar-refractivity contribution is -0.142. The summed E-state index contributed by atoms with van der Waals surface area (Å²) in [5.41, 5.74) is 6.98. The van der Waals surface area contributed by atoms with Crippen LogP contribution in [0.5, 0.6) is 0 Å². The Labute approximate surface area is 92.8 Å². The van der Waals surface area contributed by atoms with E-state index in [1.807, 2.05) is 28.8 Å². The minimum atomic E-state index is -0.495. The van der Waals surface area contributed by atoms with Crippen molar-refractivity contribution >= 4 is 11.6 Å². The molecule has 0 aromatic carbocycles. The van der Waals surface area contributed by atoms with Crippen LogP contribution in [0.2, 0.25) is 0 Å². The van der Waals surface area contributed by atoms with Crippen LogP contribution in [-0.4, -0.2) is 29.0 Å². The van der Waals surface area contributed by atoms with Gasteiger partial charge in [0.05, 0.1) is 12.8 Å². The first kappa shape index (κ1) is 10.6. The summed E-state index contributed by atoms with van der Waals surface area (Å²) in [6.45, 7) is 0.191. The second kappa shape index (κ2) is 4.32. The van der Waals surface area contributed by atoms with Crippen molar-refractivity contribution in [2.45, 2.75) is 5.92 Å². The number of imidazole rings is 1. The molecule has 0 aliphatic rings. The number of ether oxygens (including phenoxy) is 1. The number of nitrogens with zero attached hydrogens (tertiary/aromatic N) is 2. The van der Waals surface area contributed by atoms with Crippen LogP contribution in [0, 0.1) is 0 Å². The Balaban J connectivity index is 2.41. The van der Waals surface area contributed by atoms with Gasteiger partial charge in [0.1, 0.15) is 11.6 Å². The molecule has 0 amide bonds. The molecule has 2 N–H and O–H groups in total. The number of pyridine rings is 1. The Kier molecular flexibility index (Phi) is 2.87. The number of carbonyl (C=O) groups is 1. The zero-order valence-electron chi connectivity index (χ0n) is 8.96. The van der Waals surface area contributed by atoms with Crippen molar-refractivity contribution in [3.05, 3.63) is 36.3 Å². The molecule has 0 saturated carbocycles. The van der Waals surface area contributed by atoms with Crippen LogP contribution in [0.4, 0.5) is 0 Å². The average Bonchev–Trinajstić information content (AvgIpc) is 2.72. The maximum absolute atomic E-state index is 11.5. The molecule has 2 aromatic heterocycles. The number of esters is 1. The fourth-order valence-electron chi connectivity index (χ4n) is 1.60. The van der Waals surface area contributed by atoms with E-state index in [4.69, 9.17) is 5.73 Å². The van der Waals surface area contributed by atoms with Crippen LogP contribution in [0.25, 0.3) is 5.65 Å². The van der Waals surface area contributed by atoms with E-state index in [1.165, 1.54) is 7.11 Å². The van der Waals surface area contributed by atoms with Crippen molar-refractivity contribution < 1.29 is 9.53 Å². The summed E-state index contributed by atoms with van der Waals surface area (Å²) < 4.78 is 6.53. The third-order valence-corrected chi connectivity index (χ3v) is 2.46. The highest BCUT2D eigenvalue weighted by atomic mass is 16.5. The summed E-state index contributed by atoms with van der Waals surface area (Å²) in [5, 5.41) is 0. The smallest absolute Gasteiger partial charge is 0.316 e. The summed E-state index contributed by atoms with van der Waals surface area (Å²) in [6.07, 6.45) is 3.67. The van der Waals surface area contributed by atoms with Gasteiger partial charge in [-0.1, -0.05) is 6.07 Å². The first-order chi connectivity index (χ1) is 7.76. The summed E-state index contributed by atoms with van der Waals surface area (Å²) in [4.78, 5) is 15.8. The van der Waals surface area contributed by atoms with Crippen LogP contribution in [0.15, 0.2) is 30.6 Å². The van der Waals surface area contributed by atoms with E-state index in [1.54, 1.807) is 6.20 Å². The Morgan fingerprint density at radius 1 is 1.62 bits per heavy atom. The van der Waals surface area contributed by atoms with Crippen molar-refractivity contribution in [2.24, 2.45) is 5.73 Å². The third kappa shape index (κ3) is 1.77. The number of methoxy groups -OCH3 is 1. The van der Waals surface area contributed by atoms with Crippen molar-refractivity contribution in [3.63, 3.8) is 0 Å². The molecule has 84 valence electrons. The number of hydrogen-bond acceptors (Lipinski definition) is 4. The maximum Gasteiger partial charge on any atom is 0.316 e. The van der Waals surface area contributed by atoms with Crippen LogP contribution >= 0.6 is 0 Å². The Morgan fingerprint density at radius 2 is 2.44 bits per heavy atom. The Morgan fingerprint density at radius 3 is 3.06 bits per heavy atom. The molecule has 0 aliphatic heterocycles. The zero-order chi connectivity index (χ0) is 11.5. The van der Waals surface area contributed by atoms with E-state index in [0.717, 1.165) is 5.65 Å². The number of aromatic nitrogens is 2. The molecule has 0 saturated heterocycles. The lowest BCUT2D eigenvalue weighted by Crippen LogP contribution is -2.23. The number of hydrogen-bond donors (Lipinski definition) is 1. The van der Waals surface area contributed by atoms with E-state index in [-0.39, 0.29) is 12.5 Å². The second-order valence-corrected chi connectivity index (χ2v) is 3.44. The Bertz CT molecular complexity index is 474. The highest BCUT2D eigenvalue weighted by molar-refractivity contribution is 5.78. The van der Waals surface area contributed by atoms with E-state index in [0.29, 0.717) is 5.69 Å². The molecule has 0 fully saturated rings. The van der Waals surface area contributed by atoms with Gasteiger partial charge in [-0.25, -0.2) is 4.98 Å². The fourth-order valence-corrected chi connectivity index (χ4v) is 1.60. The molecular weight excluding hydrogens is 206 g/mol. The summed E-state index contributed by atoms with van der Waals surface area (Å²) in [6, 6.07) is 5.66. The quantitative estimate of drug-likeness (QED) is 0.765.